The molecule has 8 aromatic rings. The lowest BCUT2D eigenvalue weighted by Gasteiger charge is -2.40. The monoisotopic (exact) mass is 846 g/mol. The van der Waals surface area contributed by atoms with Crippen LogP contribution in [-0.4, -0.2) is 19.6 Å². The molecule has 0 aliphatic rings. The highest BCUT2D eigenvalue weighted by atomic mass is 16.3. The quantitative estimate of drug-likeness (QED) is 0.174. The van der Waals surface area contributed by atoms with Crippen LogP contribution in [0.4, 0.5) is 0 Å². The average Bonchev–Trinajstić information content (AvgIpc) is 3.85. The Kier molecular flexibility index (Phi) is 6.96. The van der Waals surface area contributed by atoms with Gasteiger partial charge in [-0.3, -0.25) is 9.55 Å². The van der Waals surface area contributed by atoms with Gasteiger partial charge in [-0.15, -0.1) is 0 Å². The Hall–Kier alpha value is -6.26. The summed E-state index contributed by atoms with van der Waals surface area (Å²) in [6, 6.07) is 25.4. The second-order valence-electron chi connectivity index (χ2n) is 19.1. The number of benzene rings is 6. The van der Waals surface area contributed by atoms with Crippen molar-refractivity contribution in [1.82, 2.24) is 14.5 Å². The van der Waals surface area contributed by atoms with E-state index in [2.05, 4.69) is 74.5 Å². The van der Waals surface area contributed by atoms with Crippen molar-refractivity contribution in [1.29, 1.82) is 0 Å². The lowest BCUT2D eigenvalue weighted by Crippen LogP contribution is -2.34. The van der Waals surface area contributed by atoms with Gasteiger partial charge in [0.15, 0.2) is 0 Å². The summed E-state index contributed by atoms with van der Waals surface area (Å²) < 4.78 is 141. The van der Waals surface area contributed by atoms with Gasteiger partial charge in [-0.25, -0.2) is 4.98 Å². The first-order valence-corrected chi connectivity index (χ1v) is 21.1. The topological polar surface area (TPSA) is 50.9 Å². The van der Waals surface area contributed by atoms with E-state index in [0.29, 0.717) is 39.1 Å². The summed E-state index contributed by atoms with van der Waals surface area (Å²) in [6.45, 7) is 9.11. The fourth-order valence-corrected chi connectivity index (χ4v) is 7.85. The molecular formula is C59H63N3O. The fraction of sp³-hybridized carbons (Fsp3) is 0.288. The van der Waals surface area contributed by atoms with Crippen LogP contribution in [0.1, 0.15) is 126 Å². The van der Waals surface area contributed by atoms with E-state index < -0.39 is 90.5 Å². The zero-order valence-electron chi connectivity index (χ0n) is 53.5. The summed E-state index contributed by atoms with van der Waals surface area (Å²) in [5.41, 5.74) is 1.53. The van der Waals surface area contributed by atoms with E-state index in [0.717, 1.165) is 33.5 Å². The van der Waals surface area contributed by atoms with Crippen molar-refractivity contribution in [3.63, 3.8) is 0 Å². The summed E-state index contributed by atoms with van der Waals surface area (Å²) >= 11 is 0. The summed E-state index contributed by atoms with van der Waals surface area (Å²) in [7, 11) is 0. The molecule has 6 aromatic carbocycles. The molecule has 8 rings (SSSR count). The molecule has 320 valence electrons. The molecule has 2 aromatic heterocycles. The molecule has 0 amide bonds. The van der Waals surface area contributed by atoms with Crippen LogP contribution in [0.5, 0.6) is 5.75 Å². The van der Waals surface area contributed by atoms with Gasteiger partial charge in [-0.1, -0.05) is 161 Å². The van der Waals surface area contributed by atoms with Crippen molar-refractivity contribution in [3.8, 4) is 67.5 Å². The van der Waals surface area contributed by atoms with E-state index in [1.807, 2.05) is 89.2 Å². The number of aryl methyl sites for hydroxylation is 2. The molecule has 1 N–H and O–H groups in total. The predicted molar refractivity (Wildman–Crippen MR) is 267 cm³/mol. The number of para-hydroxylation sites is 1. The zero-order chi connectivity index (χ0) is 58.8. The van der Waals surface area contributed by atoms with E-state index in [1.165, 1.54) is 0 Å². The molecule has 0 atom stereocenters. The minimum Gasteiger partial charge on any atom is -0.507 e. The maximum absolute atomic E-state index is 11.9. The number of imidazole rings is 1. The highest BCUT2D eigenvalue weighted by Crippen LogP contribution is 2.46. The Morgan fingerprint density at radius 2 is 1.30 bits per heavy atom. The third kappa shape index (κ3) is 8.24. The summed E-state index contributed by atoms with van der Waals surface area (Å²) in [5, 5.41) is 11.9. The Morgan fingerprint density at radius 3 is 1.98 bits per heavy atom. The number of pyridine rings is 1. The van der Waals surface area contributed by atoms with Gasteiger partial charge in [0, 0.05) is 35.2 Å². The minimum atomic E-state index is -3.92. The van der Waals surface area contributed by atoms with Crippen LogP contribution in [0.25, 0.3) is 72.7 Å². The molecule has 0 radical (unpaired) electrons. The standard InChI is InChI=1S/C59H63N3O/c1-37-30-38(2)54(63)49(31-37)55-61-53-47(20-17-21-52(53)62(55)51-27-26-45(59(12,13)58(9,10)11)36-48(51)40-18-15-14-16-19-40)42-32-43(34-46(33-42)57(6,7)8)50-35-41(28-29-60-50)39-22-24-44(25-23-39)56(3,4)5/h14-36,63H,1-13H3/i3D3,4D3,5D3,22D,23D,24D,25D,28D,29D,35D. The van der Waals surface area contributed by atoms with Crippen molar-refractivity contribution in [3.05, 3.63) is 167 Å². The van der Waals surface area contributed by atoms with Gasteiger partial charge in [-0.05, 0) is 134 Å². The summed E-state index contributed by atoms with van der Waals surface area (Å²) in [4.78, 5) is 9.85. The molecule has 0 spiro atoms. The predicted octanol–water partition coefficient (Wildman–Crippen LogP) is 16.0. The molecule has 0 fully saturated rings. The van der Waals surface area contributed by atoms with E-state index in [1.54, 1.807) is 12.1 Å². The molecule has 4 heteroatoms. The van der Waals surface area contributed by atoms with Crippen LogP contribution in [-0.2, 0) is 16.2 Å². The second-order valence-corrected chi connectivity index (χ2v) is 19.1. The number of phenolic OH excluding ortho intramolecular Hbond substituents is 1. The van der Waals surface area contributed by atoms with Crippen LogP contribution < -0.4 is 0 Å². The van der Waals surface area contributed by atoms with E-state index >= 15 is 0 Å². The van der Waals surface area contributed by atoms with E-state index in [4.69, 9.17) is 22.8 Å². The van der Waals surface area contributed by atoms with Crippen LogP contribution in [0, 0.1) is 19.3 Å². The number of hydrogen-bond donors (Lipinski definition) is 1. The Bertz CT molecular complexity index is 3680. The largest absolute Gasteiger partial charge is 0.507 e. The highest BCUT2D eigenvalue weighted by Gasteiger charge is 2.35. The molecule has 0 aliphatic carbocycles. The molecule has 4 nitrogen and oxygen atoms in total. The fourth-order valence-electron chi connectivity index (χ4n) is 7.85. The normalized spacial score (nSPS) is 16.9. The highest BCUT2D eigenvalue weighted by molar-refractivity contribution is 5.98. The average molecular weight is 846 g/mol. The van der Waals surface area contributed by atoms with Gasteiger partial charge in [0.05, 0.1) is 37.6 Å². The maximum atomic E-state index is 11.9. The smallest absolute Gasteiger partial charge is 0.149 e. The number of hydrogen-bond acceptors (Lipinski definition) is 3. The Labute approximate surface area is 398 Å². The van der Waals surface area contributed by atoms with Gasteiger partial charge in [0.1, 0.15) is 11.6 Å². The first-order chi connectivity index (χ1) is 36.3. The third-order valence-electron chi connectivity index (χ3n) is 12.5. The first kappa shape index (κ1) is 27.7. The zero-order valence-corrected chi connectivity index (χ0v) is 37.5. The summed E-state index contributed by atoms with van der Waals surface area (Å²) in [5.74, 6) is 0.521. The number of aromatic nitrogens is 3. The molecule has 0 unspecified atom stereocenters. The third-order valence-corrected chi connectivity index (χ3v) is 12.5. The second kappa shape index (κ2) is 15.8. The molecule has 2 heterocycles. The maximum Gasteiger partial charge on any atom is 0.149 e. The molecule has 0 aliphatic heterocycles. The van der Waals surface area contributed by atoms with Gasteiger partial charge in [0.2, 0.25) is 0 Å². The molecular weight excluding hydrogens is 767 g/mol. The van der Waals surface area contributed by atoms with E-state index in [-0.39, 0.29) is 27.8 Å². The number of nitrogens with zero attached hydrogens (tertiary/aromatic N) is 3. The number of phenols is 1. The van der Waals surface area contributed by atoms with Crippen molar-refractivity contribution in [2.75, 3.05) is 0 Å². The van der Waals surface area contributed by atoms with Crippen molar-refractivity contribution in [2.24, 2.45) is 5.41 Å². The minimum absolute atomic E-state index is 0.0592. The lowest BCUT2D eigenvalue weighted by molar-refractivity contribution is 0.225. The lowest BCUT2D eigenvalue weighted by atomic mass is 9.65. The van der Waals surface area contributed by atoms with Gasteiger partial charge in [-0.2, -0.15) is 0 Å². The number of rotatable bonds is 7. The number of fused-ring (bicyclic) bond motifs is 1. The molecule has 0 saturated carbocycles. The van der Waals surface area contributed by atoms with Crippen LogP contribution in [0.3, 0.4) is 0 Å². The molecule has 0 bridgehead atoms. The number of aromatic hydroxyl groups is 1. The van der Waals surface area contributed by atoms with Crippen LogP contribution in [0.15, 0.2) is 139 Å². The molecule has 63 heavy (non-hydrogen) atoms. The molecule has 0 saturated heterocycles. The van der Waals surface area contributed by atoms with Crippen molar-refractivity contribution < 1.29 is 27.0 Å². The Balaban J connectivity index is 1.44. The Morgan fingerprint density at radius 1 is 0.587 bits per heavy atom. The van der Waals surface area contributed by atoms with Gasteiger partial charge >= 0.3 is 0 Å². The van der Waals surface area contributed by atoms with Crippen LogP contribution in [0.2, 0.25) is 0 Å². The van der Waals surface area contributed by atoms with Gasteiger partial charge in [0.25, 0.3) is 0 Å². The van der Waals surface area contributed by atoms with Crippen molar-refractivity contribution >= 4 is 11.0 Å². The van der Waals surface area contributed by atoms with Crippen molar-refractivity contribution in [2.45, 2.75) is 106 Å². The van der Waals surface area contributed by atoms with Gasteiger partial charge < -0.3 is 5.11 Å². The van der Waals surface area contributed by atoms with Crippen LogP contribution >= 0.6 is 0 Å². The SMILES string of the molecule is [2H]c1nc(-c2cc(-c3cccc4c3nc(-c3cc(C)cc(C)c3O)n4-c3ccc(C(C)(C)C(C)(C)C)cc3-c3ccccc3)cc(C(C)(C)C)c2)c([2H])c(-c2c([2H])c([2H])c(C(C([2H])([2H])[2H])(C([2H])([2H])[2H])C([2H])([2H])[2H])c([2H])c2[2H])c1[2H]. The first-order valence-electron chi connectivity index (χ1n) is 29.1. The summed E-state index contributed by atoms with van der Waals surface area (Å²) in [6.07, 6.45) is -0.726. The van der Waals surface area contributed by atoms with E-state index in [9.17, 15) is 9.22 Å².